The number of ether oxygens (including phenoxy) is 1. The first kappa shape index (κ1) is 11.9. The van der Waals surface area contributed by atoms with Crippen molar-refractivity contribution in [1.29, 1.82) is 0 Å². The smallest absolute Gasteiger partial charge is 0.345 e. The molecule has 0 saturated carbocycles. The van der Waals surface area contributed by atoms with Crippen LogP contribution in [0.3, 0.4) is 0 Å². The van der Waals surface area contributed by atoms with Crippen molar-refractivity contribution in [1.82, 2.24) is 4.98 Å². The van der Waals surface area contributed by atoms with E-state index in [-0.39, 0.29) is 11.1 Å². The number of hydrogen-bond acceptors (Lipinski definition) is 6. The van der Waals surface area contributed by atoms with Gasteiger partial charge in [-0.05, 0) is 25.2 Å². The zero-order valence-electron chi connectivity index (χ0n) is 8.60. The maximum Gasteiger partial charge on any atom is 0.345 e. The number of aromatic nitrogens is 1. The Balaban J connectivity index is 2.40. The summed E-state index contributed by atoms with van der Waals surface area (Å²) < 4.78 is 5.30. The van der Waals surface area contributed by atoms with Gasteiger partial charge in [0.05, 0.1) is 11.0 Å². The highest BCUT2D eigenvalue weighted by molar-refractivity contribution is 7.18. The lowest BCUT2D eigenvalue weighted by molar-refractivity contribution is -0.380. The van der Waals surface area contributed by atoms with E-state index in [1.807, 2.05) is 13.8 Å². The molecule has 6 nitrogen and oxygen atoms in total. The normalized spacial score (nSPS) is 12.4. The number of thiazole rings is 1. The van der Waals surface area contributed by atoms with Crippen LogP contribution in [-0.4, -0.2) is 29.2 Å². The minimum absolute atomic E-state index is 0.0431. The van der Waals surface area contributed by atoms with Crippen molar-refractivity contribution in [3.05, 3.63) is 16.3 Å². The summed E-state index contributed by atoms with van der Waals surface area (Å²) in [6.07, 6.45) is 1.32. The molecule has 0 aliphatic heterocycles. The first-order valence-corrected chi connectivity index (χ1v) is 5.40. The van der Waals surface area contributed by atoms with Crippen LogP contribution < -0.4 is 5.32 Å². The molecule has 1 atom stereocenters. The highest BCUT2D eigenvalue weighted by Crippen LogP contribution is 2.24. The van der Waals surface area contributed by atoms with Crippen LogP contribution in [-0.2, 0) is 4.74 Å². The second-order valence-corrected chi connectivity index (χ2v) is 3.92. The Kier molecular flexibility index (Phi) is 4.44. The van der Waals surface area contributed by atoms with Gasteiger partial charge in [0.1, 0.15) is 6.20 Å². The Morgan fingerprint density at radius 3 is 3.07 bits per heavy atom. The Morgan fingerprint density at radius 1 is 1.80 bits per heavy atom. The summed E-state index contributed by atoms with van der Waals surface area (Å²) in [5, 5.41) is 14.0. The molecule has 0 saturated heterocycles. The summed E-state index contributed by atoms with van der Waals surface area (Å²) in [4.78, 5) is 13.8. The Morgan fingerprint density at radius 2 is 2.53 bits per heavy atom. The van der Waals surface area contributed by atoms with Crippen LogP contribution >= 0.6 is 11.3 Å². The predicted molar refractivity (Wildman–Crippen MR) is 58.3 cm³/mol. The fourth-order valence-electron chi connectivity index (χ4n) is 1.01. The van der Waals surface area contributed by atoms with Crippen molar-refractivity contribution in [2.45, 2.75) is 20.0 Å². The molecule has 0 amide bonds. The number of rotatable bonds is 6. The molecule has 84 valence electrons. The molecule has 0 bridgehead atoms. The van der Waals surface area contributed by atoms with E-state index >= 15 is 0 Å². The van der Waals surface area contributed by atoms with E-state index in [1.54, 1.807) is 0 Å². The lowest BCUT2D eigenvalue weighted by atomic mass is 10.4. The van der Waals surface area contributed by atoms with Crippen molar-refractivity contribution in [3.63, 3.8) is 0 Å². The van der Waals surface area contributed by atoms with Gasteiger partial charge in [-0.1, -0.05) is 0 Å². The Bertz CT molecular complexity index is 329. The first-order valence-electron chi connectivity index (χ1n) is 4.59. The zero-order chi connectivity index (χ0) is 11.3. The van der Waals surface area contributed by atoms with E-state index in [9.17, 15) is 10.1 Å². The van der Waals surface area contributed by atoms with Gasteiger partial charge in [-0.2, -0.15) is 0 Å². The molecule has 1 N–H and O–H groups in total. The fourth-order valence-corrected chi connectivity index (χ4v) is 1.65. The maximum atomic E-state index is 10.4. The summed E-state index contributed by atoms with van der Waals surface area (Å²) in [5.74, 6) is 0. The van der Waals surface area contributed by atoms with E-state index in [0.29, 0.717) is 18.3 Å². The fraction of sp³-hybridized carbons (Fsp3) is 0.625. The molecule has 15 heavy (non-hydrogen) atoms. The molecule has 0 aromatic carbocycles. The third-order valence-electron chi connectivity index (χ3n) is 1.67. The van der Waals surface area contributed by atoms with Crippen molar-refractivity contribution in [2.75, 3.05) is 18.5 Å². The van der Waals surface area contributed by atoms with Gasteiger partial charge in [-0.15, -0.1) is 0 Å². The summed E-state index contributed by atoms with van der Waals surface area (Å²) in [6, 6.07) is 0. The molecule has 1 rings (SSSR count). The molecular formula is C8H13N3O3S. The first-order chi connectivity index (χ1) is 7.13. The molecule has 1 aromatic rings. The average Bonchev–Trinajstić information content (AvgIpc) is 2.63. The van der Waals surface area contributed by atoms with Gasteiger partial charge in [0, 0.05) is 13.2 Å². The van der Waals surface area contributed by atoms with Gasteiger partial charge >= 0.3 is 5.00 Å². The topological polar surface area (TPSA) is 77.3 Å². The molecular weight excluding hydrogens is 218 g/mol. The maximum absolute atomic E-state index is 10.4. The largest absolute Gasteiger partial charge is 0.377 e. The van der Waals surface area contributed by atoms with Crippen LogP contribution in [0, 0.1) is 10.1 Å². The number of hydrogen-bond donors (Lipinski definition) is 1. The average molecular weight is 231 g/mol. The van der Waals surface area contributed by atoms with Crippen molar-refractivity contribution < 1.29 is 9.66 Å². The molecule has 1 aromatic heterocycles. The second kappa shape index (κ2) is 5.62. The van der Waals surface area contributed by atoms with E-state index < -0.39 is 4.92 Å². The van der Waals surface area contributed by atoms with E-state index in [4.69, 9.17) is 4.74 Å². The summed E-state index contributed by atoms with van der Waals surface area (Å²) in [5.41, 5.74) is 0. The zero-order valence-corrected chi connectivity index (χ0v) is 9.41. The van der Waals surface area contributed by atoms with Crippen molar-refractivity contribution >= 4 is 21.5 Å². The van der Waals surface area contributed by atoms with Gasteiger partial charge in [0.2, 0.25) is 0 Å². The van der Waals surface area contributed by atoms with E-state index in [1.165, 1.54) is 6.20 Å². The predicted octanol–water partition coefficient (Wildman–Crippen LogP) is 1.89. The lowest BCUT2D eigenvalue weighted by Crippen LogP contribution is -2.19. The number of anilines is 1. The standard InChI is InChI=1S/C8H13N3O3S/c1-3-14-6(2)4-9-8-10-5-7(15-8)11(12)13/h5-6H,3-4H2,1-2H3,(H,9,10). The van der Waals surface area contributed by atoms with Crippen LogP contribution in [0.25, 0.3) is 0 Å². The molecule has 7 heteroatoms. The number of nitro groups is 1. The van der Waals surface area contributed by atoms with Gasteiger partial charge < -0.3 is 10.1 Å². The molecule has 1 heterocycles. The summed E-state index contributed by atoms with van der Waals surface area (Å²) >= 11 is 1.02. The lowest BCUT2D eigenvalue weighted by Gasteiger charge is -2.11. The summed E-state index contributed by atoms with van der Waals surface area (Å²) in [6.45, 7) is 5.10. The van der Waals surface area contributed by atoms with Gasteiger partial charge in [0.15, 0.2) is 5.13 Å². The van der Waals surface area contributed by atoms with Crippen LogP contribution in [0.2, 0.25) is 0 Å². The minimum atomic E-state index is -0.450. The van der Waals surface area contributed by atoms with Gasteiger partial charge in [-0.3, -0.25) is 10.1 Å². The third-order valence-corrected chi connectivity index (χ3v) is 2.57. The number of nitrogens with one attached hydrogen (secondary N) is 1. The molecule has 1 unspecified atom stereocenters. The van der Waals surface area contributed by atoms with Crippen LogP contribution in [0.1, 0.15) is 13.8 Å². The molecule has 0 aliphatic rings. The SMILES string of the molecule is CCOC(C)CNc1ncc([N+](=O)[O-])s1. The van der Waals surface area contributed by atoms with E-state index in [2.05, 4.69) is 10.3 Å². The monoisotopic (exact) mass is 231 g/mol. The molecule has 0 aliphatic carbocycles. The minimum Gasteiger partial charge on any atom is -0.377 e. The molecule has 0 spiro atoms. The van der Waals surface area contributed by atoms with Crippen molar-refractivity contribution in [2.24, 2.45) is 0 Å². The van der Waals surface area contributed by atoms with Gasteiger partial charge in [-0.25, -0.2) is 4.98 Å². The third kappa shape index (κ3) is 3.80. The Labute approximate surface area is 91.4 Å². The highest BCUT2D eigenvalue weighted by Gasteiger charge is 2.11. The Hall–Kier alpha value is -1.21. The molecule has 0 fully saturated rings. The van der Waals surface area contributed by atoms with E-state index in [0.717, 1.165) is 11.3 Å². The highest BCUT2D eigenvalue weighted by atomic mass is 32.1. The van der Waals surface area contributed by atoms with Crippen LogP contribution in [0.5, 0.6) is 0 Å². The molecule has 0 radical (unpaired) electrons. The summed E-state index contributed by atoms with van der Waals surface area (Å²) in [7, 11) is 0. The number of nitrogens with zero attached hydrogens (tertiary/aromatic N) is 2. The van der Waals surface area contributed by atoms with Crippen LogP contribution in [0.4, 0.5) is 10.1 Å². The van der Waals surface area contributed by atoms with Gasteiger partial charge in [0.25, 0.3) is 0 Å². The van der Waals surface area contributed by atoms with Crippen molar-refractivity contribution in [3.8, 4) is 0 Å². The van der Waals surface area contributed by atoms with Crippen LogP contribution in [0.15, 0.2) is 6.20 Å². The quantitative estimate of drug-likeness (QED) is 0.597. The second-order valence-electron chi connectivity index (χ2n) is 2.91.